The van der Waals surface area contributed by atoms with Crippen molar-refractivity contribution in [3.8, 4) is 0 Å². The van der Waals surface area contributed by atoms with E-state index in [9.17, 15) is 9.18 Å². The van der Waals surface area contributed by atoms with Crippen LogP contribution in [0.2, 0.25) is 0 Å². The lowest BCUT2D eigenvalue weighted by Crippen LogP contribution is -2.13. The molecule has 0 fully saturated rings. The highest BCUT2D eigenvalue weighted by molar-refractivity contribution is 6.05. The molecule has 2 rings (SSSR count). The Morgan fingerprint density at radius 3 is 2.39 bits per heavy atom. The van der Waals surface area contributed by atoms with Gasteiger partial charge in [-0.05, 0) is 43.7 Å². The van der Waals surface area contributed by atoms with Crippen molar-refractivity contribution in [2.75, 3.05) is 5.32 Å². The Balaban J connectivity index is 2.22. The third kappa shape index (κ3) is 2.56. The van der Waals surface area contributed by atoms with Gasteiger partial charge in [-0.3, -0.25) is 4.79 Å². The molecule has 0 saturated carbocycles. The van der Waals surface area contributed by atoms with E-state index < -0.39 is 0 Å². The lowest BCUT2D eigenvalue weighted by molar-refractivity contribution is 0.102. The van der Waals surface area contributed by atoms with Crippen molar-refractivity contribution in [3.63, 3.8) is 0 Å². The maximum atomic E-state index is 13.4. The molecule has 0 aliphatic carbocycles. The maximum Gasteiger partial charge on any atom is 0.256 e. The largest absolute Gasteiger partial charge is 0.322 e. The van der Waals surface area contributed by atoms with Crippen LogP contribution in [-0.4, -0.2) is 5.91 Å². The number of aryl methyl sites for hydroxylation is 1. The predicted molar refractivity (Wildman–Crippen MR) is 70.3 cm³/mol. The van der Waals surface area contributed by atoms with Gasteiger partial charge in [0.25, 0.3) is 5.91 Å². The Morgan fingerprint density at radius 1 is 1.06 bits per heavy atom. The first-order chi connectivity index (χ1) is 8.58. The summed E-state index contributed by atoms with van der Waals surface area (Å²) in [6.45, 7) is 3.57. The molecule has 0 unspecified atom stereocenters. The van der Waals surface area contributed by atoms with E-state index in [2.05, 4.69) is 5.32 Å². The fourth-order valence-electron chi connectivity index (χ4n) is 1.69. The summed E-state index contributed by atoms with van der Waals surface area (Å²) in [5.74, 6) is -0.664. The molecule has 0 bridgehead atoms. The van der Waals surface area contributed by atoms with E-state index in [1.807, 2.05) is 31.2 Å². The summed E-state index contributed by atoms with van der Waals surface area (Å²) in [7, 11) is 0. The summed E-state index contributed by atoms with van der Waals surface area (Å²) in [6.07, 6.45) is 0. The molecule has 0 aromatic heterocycles. The maximum absolute atomic E-state index is 13.4. The molecule has 0 aliphatic heterocycles. The van der Waals surface area contributed by atoms with E-state index in [-0.39, 0.29) is 11.7 Å². The fourth-order valence-corrected chi connectivity index (χ4v) is 1.69. The average molecular weight is 243 g/mol. The summed E-state index contributed by atoms with van der Waals surface area (Å²) in [5.41, 5.74) is 2.54. The molecule has 2 aromatic rings. The SMILES string of the molecule is Cc1ccc(NC(=O)c2cccc(F)c2C)cc1. The number of benzene rings is 2. The number of anilines is 1. The molecular weight excluding hydrogens is 229 g/mol. The lowest BCUT2D eigenvalue weighted by Gasteiger charge is -2.08. The van der Waals surface area contributed by atoms with Gasteiger partial charge in [-0.2, -0.15) is 0 Å². The number of rotatable bonds is 2. The van der Waals surface area contributed by atoms with Gasteiger partial charge in [0.2, 0.25) is 0 Å². The van der Waals surface area contributed by atoms with Crippen molar-refractivity contribution in [2.24, 2.45) is 0 Å². The van der Waals surface area contributed by atoms with E-state index in [0.29, 0.717) is 16.8 Å². The molecule has 2 nitrogen and oxygen atoms in total. The van der Waals surface area contributed by atoms with Crippen molar-refractivity contribution in [1.82, 2.24) is 0 Å². The van der Waals surface area contributed by atoms with E-state index >= 15 is 0 Å². The summed E-state index contributed by atoms with van der Waals surface area (Å²) in [5, 5.41) is 2.75. The molecule has 0 spiro atoms. The first-order valence-corrected chi connectivity index (χ1v) is 5.71. The fraction of sp³-hybridized carbons (Fsp3) is 0.133. The van der Waals surface area contributed by atoms with Crippen LogP contribution < -0.4 is 5.32 Å². The molecule has 18 heavy (non-hydrogen) atoms. The van der Waals surface area contributed by atoms with Gasteiger partial charge in [0.1, 0.15) is 5.82 Å². The molecular formula is C15H14FNO. The monoisotopic (exact) mass is 243 g/mol. The number of carbonyl (C=O) groups excluding carboxylic acids is 1. The van der Waals surface area contributed by atoms with Crippen LogP contribution >= 0.6 is 0 Å². The third-order valence-electron chi connectivity index (χ3n) is 2.82. The van der Waals surface area contributed by atoms with Crippen LogP contribution in [0.25, 0.3) is 0 Å². The molecule has 0 radical (unpaired) electrons. The minimum Gasteiger partial charge on any atom is -0.322 e. The quantitative estimate of drug-likeness (QED) is 0.856. The number of amides is 1. The van der Waals surface area contributed by atoms with Gasteiger partial charge < -0.3 is 5.32 Å². The van der Waals surface area contributed by atoms with Crippen LogP contribution in [0.5, 0.6) is 0 Å². The molecule has 0 aliphatic rings. The molecule has 1 amide bonds. The second-order valence-corrected chi connectivity index (χ2v) is 4.23. The Kier molecular flexibility index (Phi) is 3.42. The first-order valence-electron chi connectivity index (χ1n) is 5.71. The van der Waals surface area contributed by atoms with E-state index in [4.69, 9.17) is 0 Å². The molecule has 0 heterocycles. The summed E-state index contributed by atoms with van der Waals surface area (Å²) in [4.78, 5) is 12.0. The zero-order chi connectivity index (χ0) is 13.1. The van der Waals surface area contributed by atoms with Gasteiger partial charge in [-0.15, -0.1) is 0 Å². The molecule has 1 N–H and O–H groups in total. The molecule has 92 valence electrons. The number of hydrogen-bond acceptors (Lipinski definition) is 1. The average Bonchev–Trinajstić information content (AvgIpc) is 2.35. The highest BCUT2D eigenvalue weighted by Gasteiger charge is 2.11. The Morgan fingerprint density at radius 2 is 1.72 bits per heavy atom. The number of nitrogens with one attached hydrogen (secondary N) is 1. The van der Waals surface area contributed by atoms with Gasteiger partial charge >= 0.3 is 0 Å². The summed E-state index contributed by atoms with van der Waals surface area (Å²) < 4.78 is 13.4. The van der Waals surface area contributed by atoms with E-state index in [1.54, 1.807) is 13.0 Å². The first kappa shape index (κ1) is 12.3. The minimum atomic E-state index is -0.369. The van der Waals surface area contributed by atoms with E-state index in [0.717, 1.165) is 5.56 Å². The highest BCUT2D eigenvalue weighted by Crippen LogP contribution is 2.15. The van der Waals surface area contributed by atoms with Gasteiger partial charge in [-0.1, -0.05) is 23.8 Å². The van der Waals surface area contributed by atoms with Crippen molar-refractivity contribution >= 4 is 11.6 Å². The predicted octanol–water partition coefficient (Wildman–Crippen LogP) is 3.69. The standard InChI is InChI=1S/C15H14FNO/c1-10-6-8-12(9-7-10)17-15(18)13-4-3-5-14(16)11(13)2/h3-9H,1-2H3,(H,17,18). The normalized spacial score (nSPS) is 10.2. The van der Waals surface area contributed by atoms with Gasteiger partial charge in [0.05, 0.1) is 0 Å². The topological polar surface area (TPSA) is 29.1 Å². The van der Waals surface area contributed by atoms with Crippen LogP contribution in [0, 0.1) is 19.7 Å². The number of hydrogen-bond donors (Lipinski definition) is 1. The van der Waals surface area contributed by atoms with Crippen molar-refractivity contribution < 1.29 is 9.18 Å². The number of carbonyl (C=O) groups is 1. The molecule has 3 heteroatoms. The number of halogens is 1. The van der Waals surface area contributed by atoms with Crippen molar-refractivity contribution in [2.45, 2.75) is 13.8 Å². The second kappa shape index (κ2) is 5.00. The van der Waals surface area contributed by atoms with Crippen LogP contribution in [0.15, 0.2) is 42.5 Å². The highest BCUT2D eigenvalue weighted by atomic mass is 19.1. The van der Waals surface area contributed by atoms with Gasteiger partial charge in [0.15, 0.2) is 0 Å². The summed E-state index contributed by atoms with van der Waals surface area (Å²) >= 11 is 0. The zero-order valence-corrected chi connectivity index (χ0v) is 10.3. The Labute approximate surface area is 105 Å². The van der Waals surface area contributed by atoms with Gasteiger partial charge in [-0.25, -0.2) is 4.39 Å². The second-order valence-electron chi connectivity index (χ2n) is 4.23. The molecule has 0 saturated heterocycles. The molecule has 0 atom stereocenters. The summed E-state index contributed by atoms with van der Waals surface area (Å²) in [6, 6.07) is 12.0. The van der Waals surface area contributed by atoms with Crippen molar-refractivity contribution in [3.05, 3.63) is 65.0 Å². The zero-order valence-electron chi connectivity index (χ0n) is 10.3. The van der Waals surface area contributed by atoms with Crippen molar-refractivity contribution in [1.29, 1.82) is 0 Å². The van der Waals surface area contributed by atoms with Crippen LogP contribution in [0.1, 0.15) is 21.5 Å². The Hall–Kier alpha value is -2.16. The van der Waals surface area contributed by atoms with Crippen LogP contribution in [0.3, 0.4) is 0 Å². The Bertz CT molecular complexity index is 576. The van der Waals surface area contributed by atoms with Crippen LogP contribution in [-0.2, 0) is 0 Å². The van der Waals surface area contributed by atoms with Gasteiger partial charge in [0, 0.05) is 11.3 Å². The third-order valence-corrected chi connectivity index (χ3v) is 2.82. The lowest BCUT2D eigenvalue weighted by atomic mass is 10.1. The smallest absolute Gasteiger partial charge is 0.256 e. The van der Waals surface area contributed by atoms with Crippen LogP contribution in [0.4, 0.5) is 10.1 Å². The minimum absolute atomic E-state index is 0.296. The van der Waals surface area contributed by atoms with E-state index in [1.165, 1.54) is 12.1 Å². The molecule has 2 aromatic carbocycles.